The number of rotatable bonds is 6. The van der Waals surface area contributed by atoms with E-state index in [0.717, 1.165) is 6.07 Å². The number of hydrogen-bond acceptors (Lipinski definition) is 2. The summed E-state index contributed by atoms with van der Waals surface area (Å²) in [5, 5.41) is 14.3. The van der Waals surface area contributed by atoms with Crippen LogP contribution in [0.25, 0.3) is 0 Å². The largest absolute Gasteiger partial charge is 0.396 e. The van der Waals surface area contributed by atoms with Gasteiger partial charge in [0, 0.05) is 30.7 Å². The summed E-state index contributed by atoms with van der Waals surface area (Å²) >= 11 is 0. The molecule has 6 heteroatoms. The molecular weight excluding hydrogens is 278 g/mol. The van der Waals surface area contributed by atoms with Crippen LogP contribution in [-0.2, 0) is 0 Å². The Labute approximate surface area is 122 Å². The highest BCUT2D eigenvalue weighted by Gasteiger charge is 2.41. The lowest BCUT2D eigenvalue weighted by atomic mass is 10.1. The van der Waals surface area contributed by atoms with E-state index in [1.54, 1.807) is 0 Å². The van der Waals surface area contributed by atoms with Crippen LogP contribution in [0.15, 0.2) is 18.2 Å². The lowest BCUT2D eigenvalue weighted by Gasteiger charge is -2.14. The van der Waals surface area contributed by atoms with Gasteiger partial charge in [-0.25, -0.2) is 13.6 Å². The number of carbonyl (C=O) groups is 1. The fourth-order valence-corrected chi connectivity index (χ4v) is 2.40. The monoisotopic (exact) mass is 298 g/mol. The maximum atomic E-state index is 13.6. The third-order valence-electron chi connectivity index (χ3n) is 3.64. The van der Waals surface area contributed by atoms with Crippen molar-refractivity contribution in [2.45, 2.75) is 44.2 Å². The Bertz CT molecular complexity index is 510. The minimum Gasteiger partial charge on any atom is -0.396 e. The number of benzene rings is 1. The van der Waals surface area contributed by atoms with E-state index in [2.05, 4.69) is 10.6 Å². The first kappa shape index (κ1) is 15.7. The average Bonchev–Trinajstić information content (AvgIpc) is 3.15. The van der Waals surface area contributed by atoms with Gasteiger partial charge in [-0.2, -0.15) is 0 Å². The van der Waals surface area contributed by atoms with E-state index in [-0.39, 0.29) is 30.6 Å². The van der Waals surface area contributed by atoms with Crippen molar-refractivity contribution >= 4 is 6.03 Å². The third kappa shape index (κ3) is 4.39. The Balaban J connectivity index is 1.80. The molecule has 0 spiro atoms. The van der Waals surface area contributed by atoms with Crippen LogP contribution in [0.2, 0.25) is 0 Å². The predicted molar refractivity (Wildman–Crippen MR) is 75.0 cm³/mol. The highest BCUT2D eigenvalue weighted by atomic mass is 19.1. The summed E-state index contributed by atoms with van der Waals surface area (Å²) < 4.78 is 26.5. The zero-order valence-electron chi connectivity index (χ0n) is 11.9. The van der Waals surface area contributed by atoms with Gasteiger partial charge in [0.05, 0.1) is 0 Å². The molecule has 3 unspecified atom stereocenters. The Kier molecular flexibility index (Phi) is 5.12. The van der Waals surface area contributed by atoms with E-state index in [0.29, 0.717) is 24.8 Å². The van der Waals surface area contributed by atoms with E-state index in [1.807, 2.05) is 6.92 Å². The Hall–Kier alpha value is -1.69. The number of halogens is 2. The van der Waals surface area contributed by atoms with Crippen LogP contribution in [0.5, 0.6) is 0 Å². The van der Waals surface area contributed by atoms with Gasteiger partial charge in [0.15, 0.2) is 0 Å². The van der Waals surface area contributed by atoms with Crippen molar-refractivity contribution in [3.63, 3.8) is 0 Å². The zero-order valence-corrected chi connectivity index (χ0v) is 11.9. The molecule has 1 fully saturated rings. The molecule has 2 rings (SSSR count). The molecule has 21 heavy (non-hydrogen) atoms. The molecule has 3 N–H and O–H groups in total. The number of amides is 2. The molecule has 1 aromatic carbocycles. The molecule has 3 atom stereocenters. The quantitative estimate of drug-likeness (QED) is 0.754. The molecule has 0 saturated heterocycles. The molecule has 0 bridgehead atoms. The Morgan fingerprint density at radius 3 is 2.90 bits per heavy atom. The number of aliphatic hydroxyl groups excluding tert-OH is 1. The lowest BCUT2D eigenvalue weighted by Crippen LogP contribution is -2.42. The second-order valence-corrected chi connectivity index (χ2v) is 5.50. The molecule has 1 aliphatic carbocycles. The normalized spacial score (nSPS) is 21.7. The number of aliphatic hydroxyl groups is 1. The standard InChI is InChI=1S/C15H20F2N2O2/c1-9(3-2-6-20)18-15(21)19-14-8-12(14)11-5-4-10(16)7-13(11)17/h4-5,7,9,12,14,20H,2-3,6,8H2,1H3,(H2,18,19,21). The average molecular weight is 298 g/mol. The van der Waals surface area contributed by atoms with Crippen molar-refractivity contribution < 1.29 is 18.7 Å². The number of urea groups is 1. The fourth-order valence-electron chi connectivity index (χ4n) is 2.40. The van der Waals surface area contributed by atoms with Crippen molar-refractivity contribution in [1.29, 1.82) is 0 Å². The first-order valence-electron chi connectivity index (χ1n) is 7.14. The van der Waals surface area contributed by atoms with Gasteiger partial charge in [0.25, 0.3) is 0 Å². The van der Waals surface area contributed by atoms with Crippen molar-refractivity contribution in [2.24, 2.45) is 0 Å². The van der Waals surface area contributed by atoms with Gasteiger partial charge in [0.1, 0.15) is 11.6 Å². The first-order valence-corrected chi connectivity index (χ1v) is 7.14. The Morgan fingerprint density at radius 1 is 1.48 bits per heavy atom. The van der Waals surface area contributed by atoms with Gasteiger partial charge >= 0.3 is 6.03 Å². The molecule has 0 aromatic heterocycles. The van der Waals surface area contributed by atoms with E-state index >= 15 is 0 Å². The summed E-state index contributed by atoms with van der Waals surface area (Å²) in [6, 6.07) is 3.08. The van der Waals surface area contributed by atoms with Crippen molar-refractivity contribution in [2.75, 3.05) is 6.61 Å². The van der Waals surface area contributed by atoms with Gasteiger partial charge in [-0.15, -0.1) is 0 Å². The van der Waals surface area contributed by atoms with Crippen LogP contribution in [0.3, 0.4) is 0 Å². The highest BCUT2D eigenvalue weighted by molar-refractivity contribution is 5.75. The molecule has 116 valence electrons. The summed E-state index contributed by atoms with van der Waals surface area (Å²) in [6.45, 7) is 1.96. The number of carbonyl (C=O) groups excluding carboxylic acids is 1. The van der Waals surface area contributed by atoms with Crippen molar-refractivity contribution in [3.05, 3.63) is 35.4 Å². The smallest absolute Gasteiger partial charge is 0.315 e. The van der Waals surface area contributed by atoms with Gasteiger partial charge in [-0.1, -0.05) is 6.07 Å². The fraction of sp³-hybridized carbons (Fsp3) is 0.533. The van der Waals surface area contributed by atoms with E-state index in [1.165, 1.54) is 12.1 Å². The predicted octanol–water partition coefficient (Wildman–Crippen LogP) is 2.28. The summed E-state index contributed by atoms with van der Waals surface area (Å²) in [5.74, 6) is -1.26. The summed E-state index contributed by atoms with van der Waals surface area (Å²) in [7, 11) is 0. The number of hydrogen-bond donors (Lipinski definition) is 3. The molecular formula is C15H20F2N2O2. The van der Waals surface area contributed by atoms with Crippen LogP contribution in [-0.4, -0.2) is 29.8 Å². The summed E-state index contributed by atoms with van der Waals surface area (Å²) in [4.78, 5) is 11.7. The van der Waals surface area contributed by atoms with Crippen LogP contribution < -0.4 is 10.6 Å². The van der Waals surface area contributed by atoms with Crippen LogP contribution >= 0.6 is 0 Å². The third-order valence-corrected chi connectivity index (χ3v) is 3.64. The SMILES string of the molecule is CC(CCCO)NC(=O)NC1CC1c1ccc(F)cc1F. The molecule has 0 heterocycles. The van der Waals surface area contributed by atoms with Crippen LogP contribution in [0.4, 0.5) is 13.6 Å². The lowest BCUT2D eigenvalue weighted by molar-refractivity contribution is 0.233. The Morgan fingerprint density at radius 2 is 2.24 bits per heavy atom. The molecule has 1 saturated carbocycles. The molecule has 0 aliphatic heterocycles. The van der Waals surface area contributed by atoms with Crippen LogP contribution in [0, 0.1) is 11.6 Å². The van der Waals surface area contributed by atoms with E-state index < -0.39 is 11.6 Å². The topological polar surface area (TPSA) is 61.4 Å². The highest BCUT2D eigenvalue weighted by Crippen LogP contribution is 2.41. The second kappa shape index (κ2) is 6.85. The molecule has 2 amide bonds. The zero-order chi connectivity index (χ0) is 15.4. The summed E-state index contributed by atoms with van der Waals surface area (Å²) in [5.41, 5.74) is 0.440. The maximum Gasteiger partial charge on any atom is 0.315 e. The first-order chi connectivity index (χ1) is 10.0. The molecule has 0 radical (unpaired) electrons. The van der Waals surface area contributed by atoms with Gasteiger partial charge in [-0.3, -0.25) is 0 Å². The molecule has 1 aliphatic rings. The second-order valence-electron chi connectivity index (χ2n) is 5.50. The van der Waals surface area contributed by atoms with Crippen LogP contribution in [0.1, 0.15) is 37.7 Å². The maximum absolute atomic E-state index is 13.6. The van der Waals surface area contributed by atoms with Gasteiger partial charge in [0.2, 0.25) is 0 Å². The summed E-state index contributed by atoms with van der Waals surface area (Å²) in [6.07, 6.45) is 1.99. The molecule has 4 nitrogen and oxygen atoms in total. The number of nitrogens with one attached hydrogen (secondary N) is 2. The minimum absolute atomic E-state index is 0.0306. The molecule has 1 aromatic rings. The van der Waals surface area contributed by atoms with Crippen molar-refractivity contribution in [1.82, 2.24) is 10.6 Å². The van der Waals surface area contributed by atoms with Gasteiger partial charge in [-0.05, 0) is 37.8 Å². The minimum atomic E-state index is -0.600. The van der Waals surface area contributed by atoms with E-state index in [4.69, 9.17) is 5.11 Å². The van der Waals surface area contributed by atoms with Crippen molar-refractivity contribution in [3.8, 4) is 0 Å². The van der Waals surface area contributed by atoms with E-state index in [9.17, 15) is 13.6 Å². The van der Waals surface area contributed by atoms with Gasteiger partial charge < -0.3 is 15.7 Å².